The Labute approximate surface area is 68.0 Å². The van der Waals surface area contributed by atoms with Crippen molar-refractivity contribution in [2.75, 3.05) is 6.54 Å². The molecule has 0 aliphatic carbocycles. The average molecular weight is 175 g/mol. The van der Waals surface area contributed by atoms with Crippen LogP contribution in [0.25, 0.3) is 0 Å². The SMILES string of the molecule is O=C(O)C1CCCN1[N+]([O-])=NO. The highest BCUT2D eigenvalue weighted by molar-refractivity contribution is 5.73. The lowest BCUT2D eigenvalue weighted by atomic mass is 10.2. The Morgan fingerprint density at radius 1 is 1.75 bits per heavy atom. The Hall–Kier alpha value is -1.53. The van der Waals surface area contributed by atoms with Crippen molar-refractivity contribution in [1.82, 2.24) is 5.01 Å². The van der Waals surface area contributed by atoms with Gasteiger partial charge in [0.25, 0.3) is 0 Å². The van der Waals surface area contributed by atoms with Crippen molar-refractivity contribution in [3.05, 3.63) is 5.21 Å². The van der Waals surface area contributed by atoms with E-state index in [0.29, 0.717) is 19.4 Å². The fourth-order valence-corrected chi connectivity index (χ4v) is 1.26. The maximum Gasteiger partial charge on any atom is 0.332 e. The van der Waals surface area contributed by atoms with Gasteiger partial charge in [0.05, 0.1) is 11.5 Å². The summed E-state index contributed by atoms with van der Waals surface area (Å²) >= 11 is 0. The van der Waals surface area contributed by atoms with Crippen molar-refractivity contribution >= 4 is 5.97 Å². The molecule has 1 heterocycles. The summed E-state index contributed by atoms with van der Waals surface area (Å²) in [5, 5.41) is 30.7. The first kappa shape index (κ1) is 8.57. The van der Waals surface area contributed by atoms with E-state index >= 15 is 0 Å². The number of carboxylic acid groups (broad SMARTS) is 1. The molecule has 1 saturated heterocycles. The molecule has 0 amide bonds. The van der Waals surface area contributed by atoms with Crippen LogP contribution < -0.4 is 0 Å². The molecule has 0 spiro atoms. The number of carboxylic acids is 1. The summed E-state index contributed by atoms with van der Waals surface area (Å²) in [6.07, 6.45) is 1.02. The molecule has 1 atom stereocenters. The van der Waals surface area contributed by atoms with Crippen LogP contribution in [-0.4, -0.2) is 38.8 Å². The highest BCUT2D eigenvalue weighted by Crippen LogP contribution is 2.16. The Morgan fingerprint density at radius 3 is 2.92 bits per heavy atom. The summed E-state index contributed by atoms with van der Waals surface area (Å²) in [5.74, 6) is -1.07. The summed E-state index contributed by atoms with van der Waals surface area (Å²) in [7, 11) is 0. The predicted molar refractivity (Wildman–Crippen MR) is 35.2 cm³/mol. The van der Waals surface area contributed by atoms with E-state index in [2.05, 4.69) is 5.28 Å². The zero-order valence-electron chi connectivity index (χ0n) is 6.25. The van der Waals surface area contributed by atoms with E-state index in [-0.39, 0.29) is 4.97 Å². The molecule has 1 rings (SSSR count). The number of nitrogens with zero attached hydrogens (tertiary/aromatic N) is 3. The fraction of sp³-hybridized carbons (Fsp3) is 0.800. The number of rotatable bonds is 2. The van der Waals surface area contributed by atoms with Crippen molar-refractivity contribution in [3.63, 3.8) is 0 Å². The predicted octanol–water partition coefficient (Wildman–Crippen LogP) is -0.198. The Balaban J connectivity index is 2.70. The zero-order chi connectivity index (χ0) is 9.14. The third kappa shape index (κ3) is 1.39. The first-order chi connectivity index (χ1) is 5.66. The highest BCUT2D eigenvalue weighted by Gasteiger charge is 2.36. The molecule has 0 bridgehead atoms. The molecule has 1 aliphatic heterocycles. The van der Waals surface area contributed by atoms with Gasteiger partial charge in [0, 0.05) is 0 Å². The number of carbonyl (C=O) groups is 1. The van der Waals surface area contributed by atoms with Crippen LogP contribution in [0.1, 0.15) is 12.8 Å². The maximum atomic E-state index is 10.7. The minimum atomic E-state index is -1.07. The second-order valence-electron chi connectivity index (χ2n) is 2.50. The summed E-state index contributed by atoms with van der Waals surface area (Å²) in [5.41, 5.74) is 0. The molecular formula is C5H9N3O4. The lowest BCUT2D eigenvalue weighted by Gasteiger charge is -2.15. The summed E-state index contributed by atoms with van der Waals surface area (Å²) in [6, 6.07) is -0.863. The van der Waals surface area contributed by atoms with Crippen LogP contribution in [-0.2, 0) is 4.79 Å². The molecule has 1 aliphatic rings. The topological polar surface area (TPSA) is 99.2 Å². The third-order valence-electron chi connectivity index (χ3n) is 1.81. The number of hydrogen-bond donors (Lipinski definition) is 2. The summed E-state index contributed by atoms with van der Waals surface area (Å²) < 4.78 is 0. The minimum Gasteiger partial charge on any atom is -0.569 e. The maximum absolute atomic E-state index is 10.7. The molecule has 0 aromatic rings. The van der Waals surface area contributed by atoms with Crippen LogP contribution in [0, 0.1) is 5.21 Å². The number of hydrazine groups is 1. The first-order valence-electron chi connectivity index (χ1n) is 3.48. The van der Waals surface area contributed by atoms with E-state index in [0.717, 1.165) is 5.01 Å². The lowest BCUT2D eigenvalue weighted by molar-refractivity contribution is -0.710. The quantitative estimate of drug-likeness (QED) is 0.344. The third-order valence-corrected chi connectivity index (χ3v) is 1.81. The minimum absolute atomic E-state index is 0.0915. The second-order valence-corrected chi connectivity index (χ2v) is 2.50. The fourth-order valence-electron chi connectivity index (χ4n) is 1.26. The molecule has 0 aromatic heterocycles. The molecule has 2 N–H and O–H groups in total. The molecule has 0 radical (unpaired) electrons. The average Bonchev–Trinajstić information content (AvgIpc) is 2.50. The Morgan fingerprint density at radius 2 is 2.42 bits per heavy atom. The molecule has 7 nitrogen and oxygen atoms in total. The molecule has 68 valence electrons. The first-order valence-corrected chi connectivity index (χ1v) is 3.48. The van der Waals surface area contributed by atoms with E-state index in [1.54, 1.807) is 0 Å². The largest absolute Gasteiger partial charge is 0.569 e. The van der Waals surface area contributed by atoms with Crippen LogP contribution in [0.4, 0.5) is 0 Å². The molecule has 1 fully saturated rings. The molecule has 7 heteroatoms. The van der Waals surface area contributed by atoms with Gasteiger partial charge in [-0.05, 0) is 12.8 Å². The number of hydrogen-bond acceptors (Lipinski definition) is 3. The molecule has 0 aromatic carbocycles. The van der Waals surface area contributed by atoms with Crippen molar-refractivity contribution in [2.45, 2.75) is 18.9 Å². The van der Waals surface area contributed by atoms with Crippen LogP contribution in [0.2, 0.25) is 0 Å². The molecule has 0 saturated carbocycles. The van der Waals surface area contributed by atoms with Gasteiger partial charge >= 0.3 is 5.97 Å². The van der Waals surface area contributed by atoms with Gasteiger partial charge in [-0.2, -0.15) is 0 Å². The van der Waals surface area contributed by atoms with Gasteiger partial charge in [-0.25, -0.2) is 4.79 Å². The van der Waals surface area contributed by atoms with Crippen molar-refractivity contribution in [3.8, 4) is 0 Å². The van der Waals surface area contributed by atoms with Gasteiger partial charge in [-0.15, -0.1) is 5.01 Å². The summed E-state index contributed by atoms with van der Waals surface area (Å²) in [4.78, 5) is 10.4. The van der Waals surface area contributed by atoms with Crippen LogP contribution in [0.5, 0.6) is 0 Å². The van der Waals surface area contributed by atoms with Gasteiger partial charge in [0.15, 0.2) is 6.04 Å². The Bertz CT molecular complexity index is 217. The van der Waals surface area contributed by atoms with Gasteiger partial charge in [0.2, 0.25) is 5.28 Å². The smallest absolute Gasteiger partial charge is 0.332 e. The van der Waals surface area contributed by atoms with E-state index in [4.69, 9.17) is 10.3 Å². The van der Waals surface area contributed by atoms with Crippen LogP contribution in [0.3, 0.4) is 0 Å². The standard InChI is InChI=1S/C5H9N3O4/c9-5(10)4-2-1-3-7(4)8(12)6-11/h4,11H,1-3H2,(H,9,10). The van der Waals surface area contributed by atoms with Crippen molar-refractivity contribution in [1.29, 1.82) is 0 Å². The van der Waals surface area contributed by atoms with E-state index in [1.807, 2.05) is 0 Å². The van der Waals surface area contributed by atoms with Crippen LogP contribution >= 0.6 is 0 Å². The second kappa shape index (κ2) is 3.24. The van der Waals surface area contributed by atoms with E-state index in [1.165, 1.54) is 0 Å². The lowest BCUT2D eigenvalue weighted by Crippen LogP contribution is -2.40. The normalized spacial score (nSPS) is 24.5. The van der Waals surface area contributed by atoms with Crippen molar-refractivity contribution in [2.24, 2.45) is 5.28 Å². The molecular weight excluding hydrogens is 166 g/mol. The van der Waals surface area contributed by atoms with Gasteiger partial charge < -0.3 is 15.5 Å². The number of aliphatic carboxylic acids is 1. The Kier molecular flexibility index (Phi) is 2.32. The molecule has 1 unspecified atom stereocenters. The monoisotopic (exact) mass is 175 g/mol. The summed E-state index contributed by atoms with van der Waals surface area (Å²) in [6.45, 7) is 0.310. The highest BCUT2D eigenvalue weighted by atomic mass is 16.6. The van der Waals surface area contributed by atoms with E-state index < -0.39 is 12.0 Å². The van der Waals surface area contributed by atoms with Gasteiger partial charge in [0.1, 0.15) is 0 Å². The van der Waals surface area contributed by atoms with Gasteiger partial charge in [-0.3, -0.25) is 0 Å². The molecule has 12 heavy (non-hydrogen) atoms. The van der Waals surface area contributed by atoms with Crippen LogP contribution in [0.15, 0.2) is 5.28 Å². The zero-order valence-corrected chi connectivity index (χ0v) is 6.25. The van der Waals surface area contributed by atoms with E-state index in [9.17, 15) is 10.0 Å². The van der Waals surface area contributed by atoms with Crippen molar-refractivity contribution < 1.29 is 20.1 Å². The van der Waals surface area contributed by atoms with Gasteiger partial charge in [-0.1, -0.05) is 0 Å².